The summed E-state index contributed by atoms with van der Waals surface area (Å²) in [5, 5.41) is 5.79. The van der Waals surface area contributed by atoms with Gasteiger partial charge in [0.05, 0.1) is 22.4 Å². The number of halogens is 3. The Hall–Kier alpha value is -9.01. The summed E-state index contributed by atoms with van der Waals surface area (Å²) in [6.45, 7) is 16.7. The van der Waals surface area contributed by atoms with E-state index in [1.54, 1.807) is 18.2 Å². The topological polar surface area (TPSA) is 114 Å². The molecule has 2 aliphatic rings. The van der Waals surface area contributed by atoms with Crippen molar-refractivity contribution in [3.8, 4) is 90.6 Å². The predicted molar refractivity (Wildman–Crippen MR) is 394 cm³/mol. The van der Waals surface area contributed by atoms with E-state index in [0.29, 0.717) is 45.0 Å². The number of rotatable bonds is 10. The van der Waals surface area contributed by atoms with Crippen molar-refractivity contribution in [1.29, 1.82) is 0 Å². The Kier molecular flexibility index (Phi) is 18.4. The van der Waals surface area contributed by atoms with Crippen LogP contribution in [0.1, 0.15) is 55.4 Å². The molecule has 10 nitrogen and oxygen atoms in total. The molecule has 0 amide bonds. The van der Waals surface area contributed by atoms with Gasteiger partial charge in [-0.3, -0.25) is 0 Å². The van der Waals surface area contributed by atoms with Gasteiger partial charge >= 0.3 is 14.2 Å². The van der Waals surface area contributed by atoms with Crippen LogP contribution in [0.4, 0.5) is 0 Å². The summed E-state index contributed by atoms with van der Waals surface area (Å²) in [5.41, 5.74) is 10.5. The van der Waals surface area contributed by atoms with Crippen LogP contribution in [0.2, 0.25) is 10.0 Å². The number of nitrogens with zero attached hydrogens (tertiary/aromatic N) is 6. The molecule has 468 valence electrons. The molecule has 11 aromatic carbocycles. The average molecular weight is 1350 g/mol. The third kappa shape index (κ3) is 13.9. The summed E-state index contributed by atoms with van der Waals surface area (Å²) < 4.78 is 26.6. The molecule has 15 rings (SSSR count). The van der Waals surface area contributed by atoms with Crippen LogP contribution < -0.4 is 10.9 Å². The van der Waals surface area contributed by atoms with Crippen LogP contribution in [0.3, 0.4) is 0 Å². The van der Waals surface area contributed by atoms with Crippen LogP contribution in [0, 0.1) is 0 Å². The molecule has 13 aromatic rings. The number of aromatic nitrogens is 6. The number of benzene rings is 11. The van der Waals surface area contributed by atoms with E-state index in [2.05, 4.69) is 193 Å². The Morgan fingerprint density at radius 3 is 0.821 bits per heavy atom. The lowest BCUT2D eigenvalue weighted by molar-refractivity contribution is 0.00578. The third-order valence-corrected chi connectivity index (χ3v) is 18.9. The molecular formula is C80H67B2BrCl2N6O4. The lowest BCUT2D eigenvalue weighted by Crippen LogP contribution is -2.41. The van der Waals surface area contributed by atoms with Crippen molar-refractivity contribution < 1.29 is 18.6 Å². The van der Waals surface area contributed by atoms with Gasteiger partial charge in [-0.2, -0.15) is 0 Å². The SMILES string of the molecule is CC1(C)OB(c2ccc(-c3cccc(-c4nc(-c5ccccc5)nc(-c5ccccc5)n4)c3)c3ccccc23)OC1(C)C.CC1(C)OB(c2ccc(-c3cccc(-c4nc(-c5ccccc5)nc(-c5ccccc5)n4)c3)c3ccccc23)OC1(C)C.Clc1cc(Cl)cc(Br)c1. The predicted octanol–water partition coefficient (Wildman–Crippen LogP) is 19.7. The van der Waals surface area contributed by atoms with Crippen molar-refractivity contribution in [3.05, 3.63) is 275 Å². The first-order chi connectivity index (χ1) is 45.8. The minimum absolute atomic E-state index is 0.409. The lowest BCUT2D eigenvalue weighted by atomic mass is 9.75. The summed E-state index contributed by atoms with van der Waals surface area (Å²) in [5.74, 6) is 3.85. The molecule has 2 aliphatic heterocycles. The zero-order chi connectivity index (χ0) is 66.1. The van der Waals surface area contributed by atoms with E-state index < -0.39 is 36.6 Å². The minimum atomic E-state index is -0.437. The van der Waals surface area contributed by atoms with Crippen molar-refractivity contribution in [2.45, 2.75) is 77.8 Å². The fourth-order valence-electron chi connectivity index (χ4n) is 11.5. The standard InChI is InChI=1S/2C37H32BN3O2.C6H3BrCl2/c2*1-36(2)37(3,4)43-38(42-36)32-23-22-29(30-20-11-12-21-31(30)32)27-18-13-19-28(24-27)35-40-33(25-14-7-5-8-15-25)39-34(41-35)26-16-9-6-10-17-26;7-4-1-5(8)3-6(9)2-4/h2*5-24H,1-4H3;1-3H. The number of hydrogen-bond acceptors (Lipinski definition) is 10. The molecule has 0 bridgehead atoms. The molecule has 15 heteroatoms. The third-order valence-electron chi connectivity index (χ3n) is 18.0. The molecule has 0 saturated carbocycles. The van der Waals surface area contributed by atoms with E-state index in [-0.39, 0.29) is 0 Å². The second-order valence-electron chi connectivity index (χ2n) is 25.5. The van der Waals surface area contributed by atoms with Crippen molar-refractivity contribution in [3.63, 3.8) is 0 Å². The van der Waals surface area contributed by atoms with Gasteiger partial charge in [-0.05, 0) is 140 Å². The Balaban J connectivity index is 0.000000152. The second-order valence-corrected chi connectivity index (χ2v) is 27.3. The van der Waals surface area contributed by atoms with Crippen molar-refractivity contribution in [1.82, 2.24) is 29.9 Å². The fourth-order valence-corrected chi connectivity index (χ4v) is 12.8. The molecule has 2 saturated heterocycles. The first-order valence-electron chi connectivity index (χ1n) is 31.6. The molecule has 2 fully saturated rings. The van der Waals surface area contributed by atoms with Gasteiger partial charge in [-0.25, -0.2) is 29.9 Å². The molecule has 0 N–H and O–H groups in total. The van der Waals surface area contributed by atoms with Crippen LogP contribution in [-0.2, 0) is 18.6 Å². The molecular weight excluding hydrogens is 1280 g/mol. The minimum Gasteiger partial charge on any atom is -0.399 e. The lowest BCUT2D eigenvalue weighted by Gasteiger charge is -2.32. The van der Waals surface area contributed by atoms with E-state index in [9.17, 15) is 0 Å². The van der Waals surface area contributed by atoms with Crippen LogP contribution in [-0.4, -0.2) is 66.5 Å². The average Bonchev–Trinajstić information content (AvgIpc) is 1.75. The van der Waals surface area contributed by atoms with Gasteiger partial charge in [0.15, 0.2) is 34.9 Å². The zero-order valence-corrected chi connectivity index (χ0v) is 57.0. The highest BCUT2D eigenvalue weighted by atomic mass is 79.9. The highest BCUT2D eigenvalue weighted by Gasteiger charge is 2.53. The fraction of sp³-hybridized carbons (Fsp3) is 0.150. The Bertz CT molecular complexity index is 4450. The maximum Gasteiger partial charge on any atom is 0.495 e. The molecule has 0 spiro atoms. The van der Waals surface area contributed by atoms with E-state index in [4.69, 9.17) is 71.7 Å². The molecule has 0 unspecified atom stereocenters. The van der Waals surface area contributed by atoms with Crippen molar-refractivity contribution in [2.75, 3.05) is 0 Å². The van der Waals surface area contributed by atoms with Gasteiger partial charge in [-0.15, -0.1) is 0 Å². The van der Waals surface area contributed by atoms with Gasteiger partial charge in [0, 0.05) is 47.9 Å². The van der Waals surface area contributed by atoms with Crippen LogP contribution in [0.25, 0.3) is 112 Å². The quantitative estimate of drug-likeness (QED) is 0.123. The van der Waals surface area contributed by atoms with Crippen LogP contribution in [0.15, 0.2) is 265 Å². The van der Waals surface area contributed by atoms with Gasteiger partial charge in [0.1, 0.15) is 0 Å². The summed E-state index contributed by atoms with van der Waals surface area (Å²) in [6.07, 6.45) is 0. The van der Waals surface area contributed by atoms with Gasteiger partial charge in [0.25, 0.3) is 0 Å². The maximum atomic E-state index is 6.43. The molecule has 95 heavy (non-hydrogen) atoms. The smallest absolute Gasteiger partial charge is 0.399 e. The molecule has 4 heterocycles. The van der Waals surface area contributed by atoms with E-state index in [0.717, 1.165) is 92.6 Å². The molecule has 0 radical (unpaired) electrons. The molecule has 0 aliphatic carbocycles. The van der Waals surface area contributed by atoms with Crippen molar-refractivity contribution in [2.24, 2.45) is 0 Å². The maximum absolute atomic E-state index is 6.43. The first-order valence-corrected chi connectivity index (χ1v) is 33.1. The summed E-state index contributed by atoms with van der Waals surface area (Å²) in [4.78, 5) is 29.4. The van der Waals surface area contributed by atoms with Crippen LogP contribution in [0.5, 0.6) is 0 Å². The van der Waals surface area contributed by atoms with Gasteiger partial charge < -0.3 is 18.6 Å². The van der Waals surface area contributed by atoms with Gasteiger partial charge in [-0.1, -0.05) is 270 Å². The Morgan fingerprint density at radius 2 is 0.526 bits per heavy atom. The van der Waals surface area contributed by atoms with E-state index in [1.807, 2.05) is 121 Å². The van der Waals surface area contributed by atoms with Crippen LogP contribution >= 0.6 is 39.1 Å². The highest BCUT2D eigenvalue weighted by Crippen LogP contribution is 2.41. The van der Waals surface area contributed by atoms with E-state index >= 15 is 0 Å². The zero-order valence-electron chi connectivity index (χ0n) is 53.9. The van der Waals surface area contributed by atoms with Gasteiger partial charge in [0.2, 0.25) is 0 Å². The second kappa shape index (κ2) is 27.0. The Labute approximate surface area is 574 Å². The molecule has 2 aromatic heterocycles. The van der Waals surface area contributed by atoms with Crippen molar-refractivity contribution >= 4 is 85.8 Å². The number of fused-ring (bicyclic) bond motifs is 2. The summed E-state index contributed by atoms with van der Waals surface area (Å²) in [6, 6.07) is 87.8. The molecule has 0 atom stereocenters. The summed E-state index contributed by atoms with van der Waals surface area (Å²) >= 11 is 14.5. The first kappa shape index (κ1) is 64.7. The number of hydrogen-bond donors (Lipinski definition) is 0. The normalized spacial score (nSPS) is 15.0. The highest BCUT2D eigenvalue weighted by molar-refractivity contribution is 9.10. The summed E-state index contributed by atoms with van der Waals surface area (Å²) in [7, 11) is -0.873. The van der Waals surface area contributed by atoms with E-state index in [1.165, 1.54) is 0 Å². The Morgan fingerprint density at radius 1 is 0.274 bits per heavy atom. The monoisotopic (exact) mass is 1350 g/mol. The largest absolute Gasteiger partial charge is 0.495 e.